The van der Waals surface area contributed by atoms with E-state index in [0.29, 0.717) is 11.8 Å². The van der Waals surface area contributed by atoms with Gasteiger partial charge in [-0.1, -0.05) is 18.5 Å². The normalized spacial score (nSPS) is 30.2. The van der Waals surface area contributed by atoms with Crippen LogP contribution in [0.15, 0.2) is 4.52 Å². The Balaban J connectivity index is 1.62. The SMILES string of the molecule is CCC1CCC(c2noc(C3CNC3)n2)CC1. The van der Waals surface area contributed by atoms with Crippen LogP contribution in [0.4, 0.5) is 0 Å². The van der Waals surface area contributed by atoms with E-state index in [1.807, 2.05) is 0 Å². The van der Waals surface area contributed by atoms with Crippen LogP contribution >= 0.6 is 0 Å². The molecule has 2 heterocycles. The number of nitrogens with one attached hydrogen (secondary N) is 1. The fourth-order valence-corrected chi connectivity index (χ4v) is 2.87. The summed E-state index contributed by atoms with van der Waals surface area (Å²) in [4.78, 5) is 4.59. The van der Waals surface area contributed by atoms with E-state index < -0.39 is 0 Å². The summed E-state index contributed by atoms with van der Waals surface area (Å²) in [6.07, 6.45) is 6.45. The Bertz CT molecular complexity index is 364. The van der Waals surface area contributed by atoms with Gasteiger partial charge in [-0.15, -0.1) is 0 Å². The molecular formula is C13H21N3O. The fourth-order valence-electron chi connectivity index (χ4n) is 2.87. The molecule has 4 heteroatoms. The van der Waals surface area contributed by atoms with E-state index in [9.17, 15) is 0 Å². The van der Waals surface area contributed by atoms with Crippen LogP contribution in [0.25, 0.3) is 0 Å². The van der Waals surface area contributed by atoms with Crippen molar-refractivity contribution in [3.8, 4) is 0 Å². The largest absolute Gasteiger partial charge is 0.339 e. The number of hydrogen-bond donors (Lipinski definition) is 1. The third-order valence-corrected chi connectivity index (χ3v) is 4.38. The number of rotatable bonds is 3. The minimum absolute atomic E-state index is 0.461. The average molecular weight is 235 g/mol. The summed E-state index contributed by atoms with van der Waals surface area (Å²) in [5.74, 6) is 3.73. The van der Waals surface area contributed by atoms with Gasteiger partial charge in [0.15, 0.2) is 5.82 Å². The van der Waals surface area contributed by atoms with Crippen LogP contribution < -0.4 is 5.32 Å². The molecule has 1 aliphatic heterocycles. The highest BCUT2D eigenvalue weighted by Gasteiger charge is 2.29. The lowest BCUT2D eigenvalue weighted by molar-refractivity contribution is 0.291. The summed E-state index contributed by atoms with van der Waals surface area (Å²) in [7, 11) is 0. The lowest BCUT2D eigenvalue weighted by Gasteiger charge is -2.25. The van der Waals surface area contributed by atoms with Crippen LogP contribution in [0.5, 0.6) is 0 Å². The van der Waals surface area contributed by atoms with Crippen LogP contribution in [-0.2, 0) is 0 Å². The maximum absolute atomic E-state index is 5.37. The lowest BCUT2D eigenvalue weighted by atomic mass is 9.80. The molecule has 2 fully saturated rings. The molecule has 1 N–H and O–H groups in total. The summed E-state index contributed by atoms with van der Waals surface area (Å²) in [6, 6.07) is 0. The molecule has 0 spiro atoms. The van der Waals surface area contributed by atoms with Gasteiger partial charge < -0.3 is 9.84 Å². The van der Waals surface area contributed by atoms with Crippen molar-refractivity contribution in [3.05, 3.63) is 11.7 Å². The Hall–Kier alpha value is -0.900. The second kappa shape index (κ2) is 4.77. The Morgan fingerprint density at radius 3 is 2.53 bits per heavy atom. The molecular weight excluding hydrogens is 214 g/mol. The van der Waals surface area contributed by atoms with Crippen molar-refractivity contribution in [1.29, 1.82) is 0 Å². The van der Waals surface area contributed by atoms with Gasteiger partial charge in [0.05, 0.1) is 5.92 Å². The summed E-state index contributed by atoms with van der Waals surface area (Å²) in [5.41, 5.74) is 0. The first-order chi connectivity index (χ1) is 8.36. The van der Waals surface area contributed by atoms with E-state index in [1.165, 1.54) is 32.1 Å². The Morgan fingerprint density at radius 2 is 1.94 bits per heavy atom. The maximum Gasteiger partial charge on any atom is 0.232 e. The first-order valence-electron chi connectivity index (χ1n) is 6.91. The van der Waals surface area contributed by atoms with Gasteiger partial charge in [-0.3, -0.25) is 0 Å². The Kier molecular flexibility index (Phi) is 3.14. The van der Waals surface area contributed by atoms with Crippen molar-refractivity contribution in [2.45, 2.75) is 50.9 Å². The molecule has 1 aromatic heterocycles. The minimum Gasteiger partial charge on any atom is -0.339 e. The third-order valence-electron chi connectivity index (χ3n) is 4.38. The highest BCUT2D eigenvalue weighted by molar-refractivity contribution is 5.04. The zero-order valence-electron chi connectivity index (χ0n) is 10.5. The molecule has 0 bridgehead atoms. The van der Waals surface area contributed by atoms with E-state index >= 15 is 0 Å². The predicted octanol–water partition coefficient (Wildman–Crippen LogP) is 2.44. The zero-order chi connectivity index (χ0) is 11.7. The first kappa shape index (κ1) is 11.2. The summed E-state index contributed by atoms with van der Waals surface area (Å²) in [5, 5.41) is 7.41. The molecule has 0 aromatic carbocycles. The van der Waals surface area contributed by atoms with Gasteiger partial charge in [-0.25, -0.2) is 0 Å². The Morgan fingerprint density at radius 1 is 1.18 bits per heavy atom. The minimum atomic E-state index is 0.461. The van der Waals surface area contributed by atoms with Gasteiger partial charge in [0.2, 0.25) is 5.89 Å². The first-order valence-corrected chi connectivity index (χ1v) is 6.91. The molecule has 2 aliphatic rings. The second-order valence-electron chi connectivity index (χ2n) is 5.47. The molecule has 1 saturated carbocycles. The molecule has 1 saturated heterocycles. The number of nitrogens with zero attached hydrogens (tertiary/aromatic N) is 2. The maximum atomic E-state index is 5.37. The molecule has 0 amide bonds. The number of hydrogen-bond acceptors (Lipinski definition) is 4. The van der Waals surface area contributed by atoms with Crippen LogP contribution in [-0.4, -0.2) is 23.2 Å². The quantitative estimate of drug-likeness (QED) is 0.874. The average Bonchev–Trinajstić information content (AvgIpc) is 2.76. The van der Waals surface area contributed by atoms with E-state index in [-0.39, 0.29) is 0 Å². The number of aromatic nitrogens is 2. The van der Waals surface area contributed by atoms with Crippen molar-refractivity contribution in [2.75, 3.05) is 13.1 Å². The molecule has 1 aromatic rings. The Labute approximate surface area is 102 Å². The van der Waals surface area contributed by atoms with Gasteiger partial charge >= 0.3 is 0 Å². The van der Waals surface area contributed by atoms with Crippen LogP contribution in [0.3, 0.4) is 0 Å². The third kappa shape index (κ3) is 2.23. The lowest BCUT2D eigenvalue weighted by Crippen LogP contribution is -2.40. The van der Waals surface area contributed by atoms with Crippen molar-refractivity contribution in [3.63, 3.8) is 0 Å². The highest BCUT2D eigenvalue weighted by Crippen LogP contribution is 2.36. The molecule has 0 atom stereocenters. The van der Waals surface area contributed by atoms with Crippen LogP contribution in [0.1, 0.15) is 62.6 Å². The molecule has 17 heavy (non-hydrogen) atoms. The van der Waals surface area contributed by atoms with Gasteiger partial charge in [-0.05, 0) is 31.6 Å². The summed E-state index contributed by atoms with van der Waals surface area (Å²) in [6.45, 7) is 4.27. The van der Waals surface area contributed by atoms with E-state index in [4.69, 9.17) is 4.52 Å². The predicted molar refractivity (Wildman–Crippen MR) is 64.9 cm³/mol. The summed E-state index contributed by atoms with van der Waals surface area (Å²) < 4.78 is 5.37. The molecule has 0 unspecified atom stereocenters. The molecule has 0 radical (unpaired) electrons. The van der Waals surface area contributed by atoms with Gasteiger partial charge in [0.25, 0.3) is 0 Å². The van der Waals surface area contributed by atoms with Crippen molar-refractivity contribution >= 4 is 0 Å². The molecule has 1 aliphatic carbocycles. The molecule has 4 nitrogen and oxygen atoms in total. The standard InChI is InChI=1S/C13H21N3O/c1-2-9-3-5-10(6-4-9)12-15-13(17-16-12)11-7-14-8-11/h9-11,14H,2-8H2,1H3. The zero-order valence-corrected chi connectivity index (χ0v) is 10.5. The van der Waals surface area contributed by atoms with Crippen molar-refractivity contribution < 1.29 is 4.52 Å². The van der Waals surface area contributed by atoms with Crippen LogP contribution in [0.2, 0.25) is 0 Å². The second-order valence-corrected chi connectivity index (χ2v) is 5.47. The van der Waals surface area contributed by atoms with Gasteiger partial charge in [0, 0.05) is 19.0 Å². The molecule has 94 valence electrons. The molecule has 3 rings (SSSR count). The van der Waals surface area contributed by atoms with Crippen LogP contribution in [0, 0.1) is 5.92 Å². The smallest absolute Gasteiger partial charge is 0.232 e. The van der Waals surface area contributed by atoms with Crippen molar-refractivity contribution in [1.82, 2.24) is 15.5 Å². The monoisotopic (exact) mass is 235 g/mol. The van der Waals surface area contributed by atoms with Gasteiger partial charge in [-0.2, -0.15) is 4.98 Å². The van der Waals surface area contributed by atoms with Crippen molar-refractivity contribution in [2.24, 2.45) is 5.92 Å². The van der Waals surface area contributed by atoms with E-state index in [0.717, 1.165) is 30.7 Å². The van der Waals surface area contributed by atoms with Gasteiger partial charge in [0.1, 0.15) is 0 Å². The van der Waals surface area contributed by atoms with E-state index in [1.54, 1.807) is 0 Å². The fraction of sp³-hybridized carbons (Fsp3) is 0.846. The topological polar surface area (TPSA) is 51.0 Å². The van der Waals surface area contributed by atoms with E-state index in [2.05, 4.69) is 22.4 Å². The highest BCUT2D eigenvalue weighted by atomic mass is 16.5. The summed E-state index contributed by atoms with van der Waals surface area (Å²) >= 11 is 0.